The van der Waals surface area contributed by atoms with E-state index in [9.17, 15) is 23.2 Å². The van der Waals surface area contributed by atoms with Gasteiger partial charge in [0.05, 0.1) is 13.0 Å². The molecule has 0 radical (unpaired) electrons. The molecule has 0 spiro atoms. The Morgan fingerprint density at radius 2 is 1.48 bits per heavy atom. The van der Waals surface area contributed by atoms with Crippen LogP contribution in [0.4, 0.5) is 13.6 Å². The molecule has 176 valence electrons. The zero-order valence-corrected chi connectivity index (χ0v) is 18.4. The number of carbonyl (C=O) groups excluding carboxylic acids is 2. The highest BCUT2D eigenvalue weighted by Crippen LogP contribution is 2.44. The van der Waals surface area contributed by atoms with Gasteiger partial charge in [0.25, 0.3) is 5.91 Å². The summed E-state index contributed by atoms with van der Waals surface area (Å²) >= 11 is 0. The average Bonchev–Trinajstić information content (AvgIpc) is 3.07. The fourth-order valence-corrected chi connectivity index (χ4v) is 3.83. The van der Waals surface area contributed by atoms with Crippen molar-refractivity contribution in [2.24, 2.45) is 5.41 Å². The van der Waals surface area contributed by atoms with E-state index in [2.05, 4.69) is 0 Å². The molecule has 0 aromatic heterocycles. The molecule has 0 aliphatic heterocycles. The molecule has 0 saturated heterocycles. The lowest BCUT2D eigenvalue weighted by atomic mass is 9.89. The van der Waals surface area contributed by atoms with Gasteiger partial charge in [-0.1, -0.05) is 62.4 Å². The molecule has 2 amide bonds. The lowest BCUT2D eigenvalue weighted by Gasteiger charge is -2.24. The number of alkyl halides is 2. The van der Waals surface area contributed by atoms with E-state index in [0.29, 0.717) is 0 Å². The normalized spacial score (nSPS) is 13.1. The van der Waals surface area contributed by atoms with Crippen molar-refractivity contribution in [2.75, 3.05) is 19.7 Å². The van der Waals surface area contributed by atoms with Crippen LogP contribution in [0.5, 0.6) is 0 Å². The number of carbonyl (C=O) groups is 3. The molecule has 33 heavy (non-hydrogen) atoms. The minimum atomic E-state index is -3.88. The van der Waals surface area contributed by atoms with E-state index in [4.69, 9.17) is 9.84 Å². The molecule has 2 aromatic rings. The summed E-state index contributed by atoms with van der Waals surface area (Å²) in [6, 6.07) is 15.4. The van der Waals surface area contributed by atoms with Crippen molar-refractivity contribution in [1.29, 1.82) is 0 Å². The molecule has 7 nitrogen and oxygen atoms in total. The van der Waals surface area contributed by atoms with Crippen molar-refractivity contribution in [3.8, 4) is 11.1 Å². The number of nitrogens with one attached hydrogen (secondary N) is 2. The molecule has 0 fully saturated rings. The zero-order valence-electron chi connectivity index (χ0n) is 18.4. The van der Waals surface area contributed by atoms with Crippen molar-refractivity contribution in [3.63, 3.8) is 0 Å². The zero-order chi connectivity index (χ0) is 24.2. The Morgan fingerprint density at radius 3 is 2.03 bits per heavy atom. The van der Waals surface area contributed by atoms with Gasteiger partial charge in [0.1, 0.15) is 6.61 Å². The third kappa shape index (κ3) is 5.85. The number of aliphatic carboxylic acids is 1. The van der Waals surface area contributed by atoms with Crippen LogP contribution < -0.4 is 10.6 Å². The second-order valence-electron chi connectivity index (χ2n) is 8.80. The van der Waals surface area contributed by atoms with Gasteiger partial charge in [-0.3, -0.25) is 9.59 Å². The number of alkyl carbamates (subject to hydrolysis) is 1. The molecular weight excluding hydrogens is 434 g/mol. The minimum Gasteiger partial charge on any atom is -0.481 e. The first-order valence-electron chi connectivity index (χ1n) is 10.5. The molecule has 0 unspecified atom stereocenters. The van der Waals surface area contributed by atoms with Crippen molar-refractivity contribution in [3.05, 3.63) is 59.7 Å². The Balaban J connectivity index is 1.52. The standard InChI is InChI=1S/C24H26F2N2O5/c1-23(2,11-20(29)30)13-27-21(31)24(25,26)14-28-22(32)33-12-19-17-9-5-3-7-15(17)16-8-4-6-10-18(16)19/h3-10,19H,11-14H2,1-2H3,(H,27,31)(H,28,32)(H,29,30). The number of ether oxygens (including phenoxy) is 1. The fraction of sp³-hybridized carbons (Fsp3) is 0.375. The van der Waals surface area contributed by atoms with E-state index < -0.39 is 35.9 Å². The molecule has 3 N–H and O–H groups in total. The van der Waals surface area contributed by atoms with E-state index in [0.717, 1.165) is 22.3 Å². The molecule has 0 bridgehead atoms. The predicted molar refractivity (Wildman–Crippen MR) is 117 cm³/mol. The quantitative estimate of drug-likeness (QED) is 0.528. The molecular formula is C24H26F2N2O5. The van der Waals surface area contributed by atoms with E-state index in [1.165, 1.54) is 13.8 Å². The van der Waals surface area contributed by atoms with Gasteiger partial charge in [-0.25, -0.2) is 4.79 Å². The number of hydrogen-bond donors (Lipinski definition) is 3. The topological polar surface area (TPSA) is 105 Å². The van der Waals surface area contributed by atoms with Crippen LogP contribution in [0.15, 0.2) is 48.5 Å². The molecule has 2 aromatic carbocycles. The van der Waals surface area contributed by atoms with E-state index in [-0.39, 0.29) is 25.5 Å². The van der Waals surface area contributed by atoms with Crippen LogP contribution in [0.1, 0.15) is 37.3 Å². The molecule has 1 aliphatic carbocycles. The van der Waals surface area contributed by atoms with Gasteiger partial charge in [0, 0.05) is 12.5 Å². The van der Waals surface area contributed by atoms with Gasteiger partial charge in [-0.05, 0) is 27.7 Å². The van der Waals surface area contributed by atoms with E-state index >= 15 is 0 Å². The molecule has 3 rings (SSSR count). The van der Waals surface area contributed by atoms with Gasteiger partial charge in [0.2, 0.25) is 0 Å². The van der Waals surface area contributed by atoms with Gasteiger partial charge in [-0.2, -0.15) is 8.78 Å². The molecule has 1 aliphatic rings. The summed E-state index contributed by atoms with van der Waals surface area (Å²) < 4.78 is 33.5. The Kier molecular flexibility index (Phi) is 7.00. The van der Waals surface area contributed by atoms with Crippen molar-refractivity contribution in [1.82, 2.24) is 10.6 Å². The van der Waals surface area contributed by atoms with Gasteiger partial charge in [0.15, 0.2) is 0 Å². The summed E-state index contributed by atoms with van der Waals surface area (Å²) in [6.07, 6.45) is -1.35. The predicted octanol–water partition coefficient (Wildman–Crippen LogP) is 3.78. The maximum atomic E-state index is 14.2. The average molecular weight is 460 g/mol. The fourth-order valence-electron chi connectivity index (χ4n) is 3.83. The number of carboxylic acid groups (broad SMARTS) is 1. The van der Waals surface area contributed by atoms with Crippen molar-refractivity contribution < 1.29 is 33.0 Å². The summed E-state index contributed by atoms with van der Waals surface area (Å²) in [4.78, 5) is 34.7. The molecule has 9 heteroatoms. The van der Waals surface area contributed by atoms with Crippen LogP contribution >= 0.6 is 0 Å². The number of fused-ring (bicyclic) bond motifs is 3. The van der Waals surface area contributed by atoms with Crippen LogP contribution in [0.2, 0.25) is 0 Å². The van der Waals surface area contributed by atoms with Gasteiger partial charge in [-0.15, -0.1) is 0 Å². The second kappa shape index (κ2) is 9.56. The Labute approximate surface area is 190 Å². The second-order valence-corrected chi connectivity index (χ2v) is 8.80. The lowest BCUT2D eigenvalue weighted by molar-refractivity contribution is -0.146. The number of amides is 2. The Morgan fingerprint density at radius 1 is 0.939 bits per heavy atom. The first-order chi connectivity index (χ1) is 15.5. The van der Waals surface area contributed by atoms with Gasteiger partial charge >= 0.3 is 18.0 Å². The van der Waals surface area contributed by atoms with Crippen molar-refractivity contribution in [2.45, 2.75) is 32.1 Å². The van der Waals surface area contributed by atoms with Crippen LogP contribution in [-0.2, 0) is 14.3 Å². The van der Waals surface area contributed by atoms with Crippen molar-refractivity contribution >= 4 is 18.0 Å². The smallest absolute Gasteiger partial charge is 0.407 e. The highest BCUT2D eigenvalue weighted by molar-refractivity contribution is 5.84. The Hall–Kier alpha value is -3.49. The van der Waals surface area contributed by atoms with Gasteiger partial charge < -0.3 is 20.5 Å². The van der Waals surface area contributed by atoms with E-state index in [1.807, 2.05) is 59.2 Å². The summed E-state index contributed by atoms with van der Waals surface area (Å²) in [7, 11) is 0. The van der Waals surface area contributed by atoms with E-state index in [1.54, 1.807) is 0 Å². The highest BCUT2D eigenvalue weighted by Gasteiger charge is 2.40. The SMILES string of the molecule is CC(C)(CNC(=O)C(F)(F)CNC(=O)OCC1c2ccccc2-c2ccccc21)CC(=O)O. The first-order valence-corrected chi connectivity index (χ1v) is 10.5. The number of benzene rings is 2. The molecule has 0 heterocycles. The summed E-state index contributed by atoms with van der Waals surface area (Å²) in [6.45, 7) is 1.54. The number of carboxylic acids is 1. The third-order valence-corrected chi connectivity index (χ3v) is 5.49. The first kappa shape index (κ1) is 24.2. The third-order valence-electron chi connectivity index (χ3n) is 5.49. The largest absolute Gasteiger partial charge is 0.481 e. The van der Waals surface area contributed by atoms with Crippen LogP contribution in [0, 0.1) is 5.41 Å². The highest BCUT2D eigenvalue weighted by atomic mass is 19.3. The molecule has 0 atom stereocenters. The van der Waals surface area contributed by atoms with Crippen LogP contribution in [0.3, 0.4) is 0 Å². The lowest BCUT2D eigenvalue weighted by Crippen LogP contribution is -2.50. The number of hydrogen-bond acceptors (Lipinski definition) is 4. The van der Waals surface area contributed by atoms with Crippen LogP contribution in [0.25, 0.3) is 11.1 Å². The minimum absolute atomic E-state index is 0.0407. The Bertz CT molecular complexity index is 1010. The monoisotopic (exact) mass is 460 g/mol. The summed E-state index contributed by atoms with van der Waals surface area (Å²) in [5.41, 5.74) is 3.14. The van der Waals surface area contributed by atoms with Crippen LogP contribution in [-0.4, -0.2) is 48.7 Å². The molecule has 0 saturated carbocycles. The summed E-state index contributed by atoms with van der Waals surface area (Å²) in [5, 5.41) is 12.8. The maximum Gasteiger partial charge on any atom is 0.407 e. The summed E-state index contributed by atoms with van der Waals surface area (Å²) in [5.74, 6) is -6.80. The number of rotatable bonds is 9. The number of halogens is 2. The maximum absolute atomic E-state index is 14.2.